The van der Waals surface area contributed by atoms with Crippen LogP contribution in [0.1, 0.15) is 42.4 Å². The summed E-state index contributed by atoms with van der Waals surface area (Å²) >= 11 is 0. The average molecular weight is 310 g/mol. The molecule has 1 aliphatic rings. The third-order valence-corrected chi connectivity index (χ3v) is 4.46. The van der Waals surface area contributed by atoms with E-state index in [1.165, 1.54) is 0 Å². The number of amides is 1. The molecule has 23 heavy (non-hydrogen) atoms. The Kier molecular flexibility index (Phi) is 4.24. The van der Waals surface area contributed by atoms with Crippen LogP contribution in [-0.4, -0.2) is 24.0 Å². The number of carbonyl (C=O) groups excluding carboxylic acids is 1. The smallest absolute Gasteiger partial charge is 0.258 e. The summed E-state index contributed by atoms with van der Waals surface area (Å²) in [6.07, 6.45) is 0.657. The Balaban J connectivity index is 2.12. The van der Waals surface area contributed by atoms with E-state index in [1.807, 2.05) is 53.4 Å². The zero-order valence-corrected chi connectivity index (χ0v) is 13.7. The van der Waals surface area contributed by atoms with Gasteiger partial charge in [-0.25, -0.2) is 0 Å². The maximum absolute atomic E-state index is 13.0. The van der Waals surface area contributed by atoms with Crippen LogP contribution in [-0.2, 0) is 0 Å². The Morgan fingerprint density at radius 3 is 2.61 bits per heavy atom. The highest BCUT2D eigenvalue weighted by Crippen LogP contribution is 2.38. The van der Waals surface area contributed by atoms with Gasteiger partial charge in [-0.15, -0.1) is 0 Å². The molecule has 0 unspecified atom stereocenters. The van der Waals surface area contributed by atoms with E-state index in [9.17, 15) is 4.79 Å². The summed E-state index contributed by atoms with van der Waals surface area (Å²) in [7, 11) is 1.66. The quantitative estimate of drug-likeness (QED) is 0.926. The summed E-state index contributed by atoms with van der Waals surface area (Å²) in [5, 5.41) is 3.51. The lowest BCUT2D eigenvalue weighted by molar-refractivity contribution is 0.0591. The molecule has 0 fully saturated rings. The van der Waals surface area contributed by atoms with Gasteiger partial charge >= 0.3 is 0 Å². The second-order valence-corrected chi connectivity index (χ2v) is 5.80. The van der Waals surface area contributed by atoms with Crippen molar-refractivity contribution in [1.29, 1.82) is 0 Å². The van der Waals surface area contributed by atoms with Crippen molar-refractivity contribution in [3.63, 3.8) is 0 Å². The standard InChI is InChI=1S/C19H22N2O2/c1-4-13(2)21-18(15-10-6-8-12-17(15)23-3)20-16-11-7-5-9-14(16)19(21)22/h5-13,18,20H,4H2,1-3H3/t13-,18+/m1/s1. The van der Waals surface area contributed by atoms with Crippen molar-refractivity contribution < 1.29 is 9.53 Å². The van der Waals surface area contributed by atoms with E-state index in [2.05, 4.69) is 19.2 Å². The molecule has 0 aliphatic carbocycles. The van der Waals surface area contributed by atoms with Crippen molar-refractivity contribution in [2.24, 2.45) is 0 Å². The fourth-order valence-corrected chi connectivity index (χ4v) is 3.04. The van der Waals surface area contributed by atoms with Crippen LogP contribution in [0.2, 0.25) is 0 Å². The summed E-state index contributed by atoms with van der Waals surface area (Å²) < 4.78 is 5.51. The summed E-state index contributed by atoms with van der Waals surface area (Å²) in [6, 6.07) is 15.6. The van der Waals surface area contributed by atoms with Gasteiger partial charge in [0.05, 0.1) is 12.7 Å². The van der Waals surface area contributed by atoms with Crippen LogP contribution < -0.4 is 10.1 Å². The van der Waals surface area contributed by atoms with Gasteiger partial charge in [0.1, 0.15) is 11.9 Å². The average Bonchev–Trinajstić information content (AvgIpc) is 2.61. The van der Waals surface area contributed by atoms with Gasteiger partial charge in [0.2, 0.25) is 0 Å². The van der Waals surface area contributed by atoms with Gasteiger partial charge in [0.25, 0.3) is 5.91 Å². The number of hydrogen-bond donors (Lipinski definition) is 1. The van der Waals surface area contributed by atoms with Crippen LogP contribution in [0.4, 0.5) is 5.69 Å². The summed E-state index contributed by atoms with van der Waals surface area (Å²) in [5.41, 5.74) is 2.56. The van der Waals surface area contributed by atoms with Crippen molar-refractivity contribution in [2.45, 2.75) is 32.5 Å². The normalized spacial score (nSPS) is 18.1. The third-order valence-electron chi connectivity index (χ3n) is 4.46. The lowest BCUT2D eigenvalue weighted by Gasteiger charge is -2.41. The van der Waals surface area contributed by atoms with Crippen molar-refractivity contribution in [3.8, 4) is 5.75 Å². The Bertz CT molecular complexity index is 714. The van der Waals surface area contributed by atoms with E-state index in [-0.39, 0.29) is 18.1 Å². The zero-order valence-electron chi connectivity index (χ0n) is 13.7. The number of rotatable bonds is 4. The number of benzene rings is 2. The van der Waals surface area contributed by atoms with E-state index < -0.39 is 0 Å². The largest absolute Gasteiger partial charge is 0.496 e. The van der Waals surface area contributed by atoms with Gasteiger partial charge in [-0.1, -0.05) is 37.3 Å². The Hall–Kier alpha value is -2.49. The molecular weight excluding hydrogens is 288 g/mol. The Morgan fingerprint density at radius 1 is 1.17 bits per heavy atom. The first-order chi connectivity index (χ1) is 11.2. The minimum Gasteiger partial charge on any atom is -0.496 e. The number of methoxy groups -OCH3 is 1. The molecule has 0 radical (unpaired) electrons. The van der Waals surface area contributed by atoms with Gasteiger partial charge in [0, 0.05) is 17.3 Å². The zero-order chi connectivity index (χ0) is 16.4. The number of hydrogen-bond acceptors (Lipinski definition) is 3. The van der Waals surface area contributed by atoms with Crippen molar-refractivity contribution in [2.75, 3.05) is 12.4 Å². The Morgan fingerprint density at radius 2 is 1.87 bits per heavy atom. The molecule has 0 aromatic heterocycles. The summed E-state index contributed by atoms with van der Waals surface area (Å²) in [4.78, 5) is 15.0. The fraction of sp³-hybridized carbons (Fsp3) is 0.316. The molecule has 4 heteroatoms. The minimum atomic E-state index is -0.233. The second-order valence-electron chi connectivity index (χ2n) is 5.80. The third kappa shape index (κ3) is 2.65. The van der Waals surface area contributed by atoms with Crippen LogP contribution in [0.3, 0.4) is 0 Å². The van der Waals surface area contributed by atoms with Gasteiger partial charge in [0.15, 0.2) is 0 Å². The highest BCUT2D eigenvalue weighted by molar-refractivity contribution is 6.02. The van der Waals surface area contributed by atoms with E-state index >= 15 is 0 Å². The molecule has 0 saturated heterocycles. The van der Waals surface area contributed by atoms with Crippen LogP contribution in [0.25, 0.3) is 0 Å². The van der Waals surface area contributed by atoms with E-state index in [1.54, 1.807) is 7.11 Å². The van der Waals surface area contributed by atoms with Crippen molar-refractivity contribution >= 4 is 11.6 Å². The number of nitrogens with zero attached hydrogens (tertiary/aromatic N) is 1. The van der Waals surface area contributed by atoms with E-state index in [0.29, 0.717) is 0 Å². The number of ether oxygens (including phenoxy) is 1. The molecule has 4 nitrogen and oxygen atoms in total. The molecule has 2 aromatic rings. The lowest BCUT2D eigenvalue weighted by Crippen LogP contribution is -2.47. The van der Waals surface area contributed by atoms with Crippen LogP contribution in [0.5, 0.6) is 5.75 Å². The molecular formula is C19H22N2O2. The number of anilines is 1. The Labute approximate surface area is 137 Å². The van der Waals surface area contributed by atoms with Gasteiger partial charge in [-0.3, -0.25) is 4.79 Å². The first-order valence-corrected chi connectivity index (χ1v) is 7.98. The highest BCUT2D eigenvalue weighted by atomic mass is 16.5. The molecule has 1 amide bonds. The number of nitrogens with one attached hydrogen (secondary N) is 1. The first-order valence-electron chi connectivity index (χ1n) is 7.98. The molecule has 0 spiro atoms. The van der Waals surface area contributed by atoms with Gasteiger partial charge in [-0.05, 0) is 31.5 Å². The molecule has 1 N–H and O–H groups in total. The minimum absolute atomic E-state index is 0.0598. The predicted molar refractivity (Wildman–Crippen MR) is 91.7 cm³/mol. The topological polar surface area (TPSA) is 41.6 Å². The highest BCUT2D eigenvalue weighted by Gasteiger charge is 2.36. The number of fused-ring (bicyclic) bond motifs is 1. The molecule has 0 bridgehead atoms. The van der Waals surface area contributed by atoms with Crippen molar-refractivity contribution in [1.82, 2.24) is 4.90 Å². The molecule has 2 aromatic carbocycles. The van der Waals surface area contributed by atoms with E-state index in [0.717, 1.165) is 29.0 Å². The first kappa shape index (κ1) is 15.4. The molecule has 3 rings (SSSR count). The molecule has 0 saturated carbocycles. The molecule has 2 atom stereocenters. The SMILES string of the molecule is CC[C@@H](C)N1C(=O)c2ccccc2N[C@@H]1c1ccccc1OC. The van der Waals surface area contributed by atoms with Crippen LogP contribution >= 0.6 is 0 Å². The fourth-order valence-electron chi connectivity index (χ4n) is 3.04. The maximum atomic E-state index is 13.0. The maximum Gasteiger partial charge on any atom is 0.258 e. The number of para-hydroxylation sites is 2. The molecule has 1 heterocycles. The summed E-state index contributed by atoms with van der Waals surface area (Å²) in [6.45, 7) is 4.17. The lowest BCUT2D eigenvalue weighted by atomic mass is 10.0. The second kappa shape index (κ2) is 6.32. The van der Waals surface area contributed by atoms with E-state index in [4.69, 9.17) is 4.74 Å². The predicted octanol–water partition coefficient (Wildman–Crippen LogP) is 4.06. The van der Waals surface area contributed by atoms with Gasteiger partial charge < -0.3 is 15.0 Å². The molecule has 1 aliphatic heterocycles. The number of carbonyl (C=O) groups is 1. The molecule has 120 valence electrons. The van der Waals surface area contributed by atoms with Gasteiger partial charge in [-0.2, -0.15) is 0 Å². The van der Waals surface area contributed by atoms with Crippen LogP contribution in [0, 0.1) is 0 Å². The van der Waals surface area contributed by atoms with Crippen molar-refractivity contribution in [3.05, 3.63) is 59.7 Å². The summed E-state index contributed by atoms with van der Waals surface area (Å²) in [5.74, 6) is 0.843. The van der Waals surface area contributed by atoms with Crippen LogP contribution in [0.15, 0.2) is 48.5 Å². The monoisotopic (exact) mass is 310 g/mol.